The Balaban J connectivity index is 3.01. The molecule has 3 N–H and O–H groups in total. The first-order valence-electron chi connectivity index (χ1n) is 5.34. The van der Waals surface area contributed by atoms with E-state index < -0.39 is 0 Å². The lowest BCUT2D eigenvalue weighted by Gasteiger charge is -2.15. The first kappa shape index (κ1) is 11.9. The van der Waals surface area contributed by atoms with Gasteiger partial charge in [0.1, 0.15) is 5.75 Å². The summed E-state index contributed by atoms with van der Waals surface area (Å²) < 4.78 is 5.35. The van der Waals surface area contributed by atoms with Crippen molar-refractivity contribution in [3.8, 4) is 5.75 Å². The molecule has 0 saturated carbocycles. The minimum absolute atomic E-state index is 0.547. The van der Waals surface area contributed by atoms with Crippen LogP contribution in [0, 0.1) is 6.92 Å². The number of rotatable bonds is 5. The van der Waals surface area contributed by atoms with Crippen LogP contribution in [0.1, 0.15) is 24.5 Å². The van der Waals surface area contributed by atoms with Crippen molar-refractivity contribution in [3.63, 3.8) is 0 Å². The summed E-state index contributed by atoms with van der Waals surface area (Å²) in [6.07, 6.45) is 1.10. The number of hydrogen-bond donors (Lipinski definition) is 2. The first-order valence-corrected chi connectivity index (χ1v) is 5.34. The lowest BCUT2D eigenvalue weighted by Crippen LogP contribution is -2.05. The average Bonchev–Trinajstić information content (AvgIpc) is 2.26. The number of methoxy groups -OCH3 is 1. The van der Waals surface area contributed by atoms with Gasteiger partial charge in [0, 0.05) is 13.1 Å². The Morgan fingerprint density at radius 1 is 1.40 bits per heavy atom. The van der Waals surface area contributed by atoms with Gasteiger partial charge in [0.2, 0.25) is 0 Å². The monoisotopic (exact) mass is 208 g/mol. The number of nitrogens with two attached hydrogens (primary N) is 1. The van der Waals surface area contributed by atoms with Crippen molar-refractivity contribution >= 4 is 5.69 Å². The molecular formula is C12H20N2O. The van der Waals surface area contributed by atoms with Crippen molar-refractivity contribution < 1.29 is 4.74 Å². The minimum Gasteiger partial charge on any atom is -0.495 e. The zero-order chi connectivity index (χ0) is 11.3. The molecule has 84 valence electrons. The molecule has 0 aliphatic carbocycles. The Morgan fingerprint density at radius 3 is 2.67 bits per heavy atom. The molecule has 3 heteroatoms. The SMILES string of the molecule is CCCNc1c(C)cc(CN)cc1OC. The molecule has 0 aliphatic heterocycles. The molecule has 0 unspecified atom stereocenters. The Bertz CT molecular complexity index is 324. The van der Waals surface area contributed by atoms with Gasteiger partial charge < -0.3 is 15.8 Å². The smallest absolute Gasteiger partial charge is 0.142 e. The highest BCUT2D eigenvalue weighted by Crippen LogP contribution is 2.29. The molecule has 0 radical (unpaired) electrons. The van der Waals surface area contributed by atoms with Gasteiger partial charge in [0.15, 0.2) is 0 Å². The van der Waals surface area contributed by atoms with Crippen LogP contribution in [0.5, 0.6) is 5.75 Å². The van der Waals surface area contributed by atoms with Crippen molar-refractivity contribution in [1.82, 2.24) is 0 Å². The summed E-state index contributed by atoms with van der Waals surface area (Å²) in [6.45, 7) is 5.72. The predicted octanol–water partition coefficient (Wildman–Crippen LogP) is 2.28. The third kappa shape index (κ3) is 2.86. The van der Waals surface area contributed by atoms with Crippen LogP contribution in [0.4, 0.5) is 5.69 Å². The molecule has 15 heavy (non-hydrogen) atoms. The van der Waals surface area contributed by atoms with Gasteiger partial charge in [0.05, 0.1) is 12.8 Å². The summed E-state index contributed by atoms with van der Waals surface area (Å²) in [5.41, 5.74) is 8.98. The second-order valence-electron chi connectivity index (χ2n) is 3.62. The van der Waals surface area contributed by atoms with E-state index in [4.69, 9.17) is 10.5 Å². The van der Waals surface area contributed by atoms with Crippen molar-refractivity contribution in [2.75, 3.05) is 19.0 Å². The zero-order valence-corrected chi connectivity index (χ0v) is 9.76. The van der Waals surface area contributed by atoms with Crippen molar-refractivity contribution in [2.24, 2.45) is 5.73 Å². The number of anilines is 1. The average molecular weight is 208 g/mol. The Kier molecular flexibility index (Phi) is 4.43. The quantitative estimate of drug-likeness (QED) is 0.780. The summed E-state index contributed by atoms with van der Waals surface area (Å²) in [5, 5.41) is 3.37. The molecule has 0 aromatic heterocycles. The van der Waals surface area contributed by atoms with E-state index in [0.717, 1.165) is 30.0 Å². The van der Waals surface area contributed by atoms with Crippen LogP contribution in [0.15, 0.2) is 12.1 Å². The zero-order valence-electron chi connectivity index (χ0n) is 9.76. The highest BCUT2D eigenvalue weighted by molar-refractivity contribution is 5.63. The van der Waals surface area contributed by atoms with Gasteiger partial charge in [-0.25, -0.2) is 0 Å². The number of hydrogen-bond acceptors (Lipinski definition) is 3. The molecule has 1 rings (SSSR count). The van der Waals surface area contributed by atoms with Crippen molar-refractivity contribution in [2.45, 2.75) is 26.8 Å². The molecule has 0 saturated heterocycles. The van der Waals surface area contributed by atoms with Crippen LogP contribution in [0.2, 0.25) is 0 Å². The first-order chi connectivity index (χ1) is 7.22. The summed E-state index contributed by atoms with van der Waals surface area (Å²) in [7, 11) is 1.69. The summed E-state index contributed by atoms with van der Waals surface area (Å²) in [6, 6.07) is 4.09. The van der Waals surface area contributed by atoms with Gasteiger partial charge in [0.25, 0.3) is 0 Å². The molecule has 1 aromatic carbocycles. The molecule has 1 aromatic rings. The van der Waals surface area contributed by atoms with E-state index in [2.05, 4.69) is 25.2 Å². The fourth-order valence-corrected chi connectivity index (χ4v) is 1.58. The maximum absolute atomic E-state index is 5.62. The van der Waals surface area contributed by atoms with E-state index in [0.29, 0.717) is 6.54 Å². The predicted molar refractivity (Wildman–Crippen MR) is 64.4 cm³/mol. The lowest BCUT2D eigenvalue weighted by atomic mass is 10.1. The number of aryl methyl sites for hydroxylation is 1. The van der Waals surface area contributed by atoms with E-state index in [1.807, 2.05) is 6.07 Å². The second-order valence-corrected chi connectivity index (χ2v) is 3.62. The molecule has 0 heterocycles. The number of benzene rings is 1. The molecule has 0 atom stereocenters. The van der Waals surface area contributed by atoms with E-state index in [-0.39, 0.29) is 0 Å². The van der Waals surface area contributed by atoms with Crippen LogP contribution in [0.3, 0.4) is 0 Å². The van der Waals surface area contributed by atoms with Gasteiger partial charge >= 0.3 is 0 Å². The molecule has 0 amide bonds. The van der Waals surface area contributed by atoms with Crippen LogP contribution in [-0.2, 0) is 6.54 Å². The van der Waals surface area contributed by atoms with Crippen molar-refractivity contribution in [3.05, 3.63) is 23.3 Å². The molecular weight excluding hydrogens is 188 g/mol. The van der Waals surface area contributed by atoms with Gasteiger partial charge in [-0.1, -0.05) is 13.0 Å². The summed E-state index contributed by atoms with van der Waals surface area (Å²) in [4.78, 5) is 0. The highest BCUT2D eigenvalue weighted by Gasteiger charge is 2.07. The summed E-state index contributed by atoms with van der Waals surface area (Å²) >= 11 is 0. The maximum Gasteiger partial charge on any atom is 0.142 e. The topological polar surface area (TPSA) is 47.3 Å². The maximum atomic E-state index is 5.62. The summed E-state index contributed by atoms with van der Waals surface area (Å²) in [5.74, 6) is 0.879. The third-order valence-corrected chi connectivity index (χ3v) is 2.37. The molecule has 0 fully saturated rings. The molecule has 0 spiro atoms. The largest absolute Gasteiger partial charge is 0.495 e. The van der Waals surface area contributed by atoms with Gasteiger partial charge in [-0.2, -0.15) is 0 Å². The van der Waals surface area contributed by atoms with Gasteiger partial charge in [-0.05, 0) is 30.5 Å². The van der Waals surface area contributed by atoms with E-state index in [1.54, 1.807) is 7.11 Å². The number of ether oxygens (including phenoxy) is 1. The standard InChI is InChI=1S/C12H20N2O/c1-4-5-14-12-9(2)6-10(8-13)7-11(12)15-3/h6-7,14H,4-5,8,13H2,1-3H3. The van der Waals surface area contributed by atoms with Crippen LogP contribution in [-0.4, -0.2) is 13.7 Å². The number of nitrogens with one attached hydrogen (secondary N) is 1. The normalized spacial score (nSPS) is 10.1. The van der Waals surface area contributed by atoms with E-state index in [9.17, 15) is 0 Å². The molecule has 3 nitrogen and oxygen atoms in total. The fourth-order valence-electron chi connectivity index (χ4n) is 1.58. The van der Waals surface area contributed by atoms with Gasteiger partial charge in [-0.3, -0.25) is 0 Å². The van der Waals surface area contributed by atoms with E-state index in [1.165, 1.54) is 5.56 Å². The lowest BCUT2D eigenvalue weighted by molar-refractivity contribution is 0.415. The van der Waals surface area contributed by atoms with Crippen LogP contribution in [0.25, 0.3) is 0 Å². The Labute approximate surface area is 91.6 Å². The highest BCUT2D eigenvalue weighted by atomic mass is 16.5. The third-order valence-electron chi connectivity index (χ3n) is 2.37. The Morgan fingerprint density at radius 2 is 2.13 bits per heavy atom. The fraction of sp³-hybridized carbons (Fsp3) is 0.500. The van der Waals surface area contributed by atoms with Gasteiger partial charge in [-0.15, -0.1) is 0 Å². The molecule has 0 aliphatic rings. The van der Waals surface area contributed by atoms with E-state index >= 15 is 0 Å². The van der Waals surface area contributed by atoms with Crippen LogP contribution < -0.4 is 15.8 Å². The molecule has 0 bridgehead atoms. The minimum atomic E-state index is 0.547. The Hall–Kier alpha value is -1.22. The van der Waals surface area contributed by atoms with Crippen LogP contribution >= 0.6 is 0 Å². The van der Waals surface area contributed by atoms with Crippen molar-refractivity contribution in [1.29, 1.82) is 0 Å². The second kappa shape index (κ2) is 5.61.